The molecule has 0 atom stereocenters. The van der Waals surface area contributed by atoms with Gasteiger partial charge in [-0.1, -0.05) is 23.7 Å². The molecule has 0 aliphatic carbocycles. The fourth-order valence-electron chi connectivity index (χ4n) is 1.81. The summed E-state index contributed by atoms with van der Waals surface area (Å²) in [5.41, 5.74) is 0.942. The van der Waals surface area contributed by atoms with E-state index in [-0.39, 0.29) is 18.4 Å². The standard InChI is InChI=1S/C15H14BrClN2O2S/c1-19(9-10-3-2-4-11(17)7-10)14(20)8-18-15(21)12-5-6-13(16)22-12/h2-7H,8-9H2,1H3,(H,18,21). The van der Waals surface area contributed by atoms with Gasteiger partial charge in [0.05, 0.1) is 15.2 Å². The predicted molar refractivity (Wildman–Crippen MR) is 92.3 cm³/mol. The number of likely N-dealkylation sites (N-methyl/N-ethyl adjacent to an activating group) is 1. The highest BCUT2D eigenvalue weighted by Gasteiger charge is 2.13. The Hall–Kier alpha value is -1.37. The van der Waals surface area contributed by atoms with Crippen LogP contribution in [0.4, 0.5) is 0 Å². The Morgan fingerprint density at radius 3 is 2.73 bits per heavy atom. The van der Waals surface area contributed by atoms with Crippen LogP contribution in [-0.4, -0.2) is 30.3 Å². The molecule has 1 N–H and O–H groups in total. The maximum Gasteiger partial charge on any atom is 0.261 e. The highest BCUT2D eigenvalue weighted by atomic mass is 79.9. The molecule has 0 fully saturated rings. The SMILES string of the molecule is CN(Cc1cccc(Cl)c1)C(=O)CNC(=O)c1ccc(Br)s1. The number of nitrogens with zero attached hydrogens (tertiary/aromatic N) is 1. The summed E-state index contributed by atoms with van der Waals surface area (Å²) >= 11 is 10.5. The summed E-state index contributed by atoms with van der Waals surface area (Å²) in [6, 6.07) is 10.8. The number of halogens is 2. The number of carbonyl (C=O) groups excluding carboxylic acids is 2. The van der Waals surface area contributed by atoms with Crippen LogP contribution in [0.15, 0.2) is 40.2 Å². The van der Waals surface area contributed by atoms with E-state index in [2.05, 4.69) is 21.2 Å². The summed E-state index contributed by atoms with van der Waals surface area (Å²) in [5.74, 6) is -0.413. The molecule has 0 aliphatic rings. The third-order valence-electron chi connectivity index (χ3n) is 2.93. The zero-order valence-corrected chi connectivity index (χ0v) is 15.0. The van der Waals surface area contributed by atoms with Gasteiger partial charge < -0.3 is 10.2 Å². The third-order valence-corrected chi connectivity index (χ3v) is 4.79. The van der Waals surface area contributed by atoms with Gasteiger partial charge in [0.1, 0.15) is 0 Å². The number of hydrogen-bond donors (Lipinski definition) is 1. The van der Waals surface area contributed by atoms with Crippen molar-refractivity contribution < 1.29 is 9.59 Å². The van der Waals surface area contributed by atoms with Crippen molar-refractivity contribution >= 4 is 50.7 Å². The van der Waals surface area contributed by atoms with Crippen LogP contribution >= 0.6 is 38.9 Å². The molecule has 0 saturated heterocycles. The normalized spacial score (nSPS) is 10.3. The van der Waals surface area contributed by atoms with Crippen LogP contribution in [0.1, 0.15) is 15.2 Å². The zero-order chi connectivity index (χ0) is 16.1. The molecule has 0 saturated carbocycles. The van der Waals surface area contributed by atoms with Gasteiger partial charge in [-0.3, -0.25) is 9.59 Å². The topological polar surface area (TPSA) is 49.4 Å². The summed E-state index contributed by atoms with van der Waals surface area (Å²) in [6.45, 7) is 0.408. The average molecular weight is 402 g/mol. The first-order chi connectivity index (χ1) is 10.5. The summed E-state index contributed by atoms with van der Waals surface area (Å²) in [4.78, 5) is 26.0. The molecule has 116 valence electrons. The Bertz CT molecular complexity index is 690. The molecule has 2 rings (SSSR count). The predicted octanol–water partition coefficient (Wildman–Crippen LogP) is 3.55. The lowest BCUT2D eigenvalue weighted by Gasteiger charge is -2.17. The average Bonchev–Trinajstić information content (AvgIpc) is 2.91. The largest absolute Gasteiger partial charge is 0.342 e. The number of nitrogens with one attached hydrogen (secondary N) is 1. The number of hydrogen-bond acceptors (Lipinski definition) is 3. The number of benzene rings is 1. The van der Waals surface area contributed by atoms with Gasteiger partial charge in [-0.2, -0.15) is 0 Å². The van der Waals surface area contributed by atoms with E-state index in [1.54, 1.807) is 30.1 Å². The highest BCUT2D eigenvalue weighted by molar-refractivity contribution is 9.11. The van der Waals surface area contributed by atoms with E-state index in [1.807, 2.05) is 18.2 Å². The Morgan fingerprint density at radius 1 is 1.32 bits per heavy atom. The zero-order valence-electron chi connectivity index (χ0n) is 11.8. The van der Waals surface area contributed by atoms with Crippen LogP contribution in [0.25, 0.3) is 0 Å². The Balaban J connectivity index is 1.85. The van der Waals surface area contributed by atoms with Crippen LogP contribution in [0, 0.1) is 0 Å². The molecule has 2 amide bonds. The lowest BCUT2D eigenvalue weighted by molar-refractivity contribution is -0.129. The fraction of sp³-hybridized carbons (Fsp3) is 0.200. The van der Waals surface area contributed by atoms with Crippen molar-refractivity contribution in [1.82, 2.24) is 10.2 Å². The van der Waals surface area contributed by atoms with Gasteiger partial charge in [-0.05, 0) is 45.8 Å². The number of thiophene rings is 1. The second-order valence-electron chi connectivity index (χ2n) is 4.67. The summed E-state index contributed by atoms with van der Waals surface area (Å²) in [5, 5.41) is 3.26. The number of rotatable bonds is 5. The van der Waals surface area contributed by atoms with Gasteiger partial charge in [0.15, 0.2) is 0 Å². The van der Waals surface area contributed by atoms with E-state index in [9.17, 15) is 9.59 Å². The molecule has 4 nitrogen and oxygen atoms in total. The molecule has 1 heterocycles. The maximum absolute atomic E-state index is 12.0. The molecule has 1 aromatic carbocycles. The van der Waals surface area contributed by atoms with E-state index in [0.717, 1.165) is 9.35 Å². The minimum absolute atomic E-state index is 0.0363. The molecule has 1 aromatic heterocycles. The van der Waals surface area contributed by atoms with Crippen LogP contribution in [-0.2, 0) is 11.3 Å². The quantitative estimate of drug-likeness (QED) is 0.833. The summed E-state index contributed by atoms with van der Waals surface area (Å²) in [7, 11) is 1.69. The Kier molecular flexibility index (Phi) is 5.99. The van der Waals surface area contributed by atoms with Gasteiger partial charge in [0, 0.05) is 18.6 Å². The molecule has 0 unspecified atom stereocenters. The molecule has 0 spiro atoms. The highest BCUT2D eigenvalue weighted by Crippen LogP contribution is 2.21. The van der Waals surface area contributed by atoms with Gasteiger partial charge in [-0.15, -0.1) is 11.3 Å². The van der Waals surface area contributed by atoms with Gasteiger partial charge >= 0.3 is 0 Å². The second kappa shape index (κ2) is 7.76. The maximum atomic E-state index is 12.0. The molecule has 2 aromatic rings. The van der Waals surface area contributed by atoms with Crippen molar-refractivity contribution in [3.63, 3.8) is 0 Å². The first-order valence-corrected chi connectivity index (χ1v) is 8.46. The third kappa shape index (κ3) is 4.83. The van der Waals surface area contributed by atoms with E-state index in [1.165, 1.54) is 11.3 Å². The van der Waals surface area contributed by atoms with E-state index < -0.39 is 0 Å². The minimum atomic E-state index is -0.250. The van der Waals surface area contributed by atoms with Crippen molar-refractivity contribution in [2.75, 3.05) is 13.6 Å². The van der Waals surface area contributed by atoms with Gasteiger partial charge in [-0.25, -0.2) is 0 Å². The lowest BCUT2D eigenvalue weighted by Crippen LogP contribution is -2.37. The fourth-order valence-corrected chi connectivity index (χ4v) is 3.33. The van der Waals surface area contributed by atoms with Crippen molar-refractivity contribution in [2.24, 2.45) is 0 Å². The molecule has 0 radical (unpaired) electrons. The monoisotopic (exact) mass is 400 g/mol. The van der Waals surface area contributed by atoms with Crippen molar-refractivity contribution in [3.8, 4) is 0 Å². The van der Waals surface area contributed by atoms with Crippen molar-refractivity contribution in [1.29, 1.82) is 0 Å². The summed E-state index contributed by atoms with van der Waals surface area (Å²) < 4.78 is 0.877. The lowest BCUT2D eigenvalue weighted by atomic mass is 10.2. The van der Waals surface area contributed by atoms with Crippen LogP contribution in [0.5, 0.6) is 0 Å². The molecular formula is C15H14BrClN2O2S. The molecular weight excluding hydrogens is 388 g/mol. The van der Waals surface area contributed by atoms with Gasteiger partial charge in [0.2, 0.25) is 5.91 Å². The number of amides is 2. The van der Waals surface area contributed by atoms with Crippen LogP contribution in [0.3, 0.4) is 0 Å². The van der Waals surface area contributed by atoms with E-state index in [4.69, 9.17) is 11.6 Å². The van der Waals surface area contributed by atoms with Gasteiger partial charge in [0.25, 0.3) is 5.91 Å². The van der Waals surface area contributed by atoms with Crippen LogP contribution < -0.4 is 5.32 Å². The first-order valence-electron chi connectivity index (χ1n) is 6.47. The summed E-state index contributed by atoms with van der Waals surface area (Å²) in [6.07, 6.45) is 0. The van der Waals surface area contributed by atoms with Crippen molar-refractivity contribution in [2.45, 2.75) is 6.54 Å². The van der Waals surface area contributed by atoms with E-state index in [0.29, 0.717) is 16.4 Å². The first kappa shape index (κ1) is 17.0. The molecule has 22 heavy (non-hydrogen) atoms. The smallest absolute Gasteiger partial charge is 0.261 e. The Labute approximate surface area is 146 Å². The second-order valence-corrected chi connectivity index (χ2v) is 7.57. The molecule has 7 heteroatoms. The Morgan fingerprint density at radius 2 is 2.09 bits per heavy atom. The number of carbonyl (C=O) groups is 2. The molecule has 0 bridgehead atoms. The van der Waals surface area contributed by atoms with Crippen LogP contribution in [0.2, 0.25) is 5.02 Å². The van der Waals surface area contributed by atoms with E-state index >= 15 is 0 Å². The molecule has 0 aliphatic heterocycles. The minimum Gasteiger partial charge on any atom is -0.342 e. The van der Waals surface area contributed by atoms with Crippen molar-refractivity contribution in [3.05, 3.63) is 55.6 Å².